The molecule has 0 aromatic heterocycles. The van der Waals surface area contributed by atoms with Crippen molar-refractivity contribution in [1.82, 2.24) is 14.7 Å². The summed E-state index contributed by atoms with van der Waals surface area (Å²) in [4.78, 5) is 64.3. The second kappa shape index (κ2) is 9.12. The van der Waals surface area contributed by atoms with Gasteiger partial charge in [0.05, 0.1) is 30.0 Å². The molecular weight excluding hydrogens is 410 g/mol. The Morgan fingerprint density at radius 2 is 1.77 bits per heavy atom. The van der Waals surface area contributed by atoms with Crippen molar-refractivity contribution >= 4 is 41.5 Å². The fourth-order valence-corrected chi connectivity index (χ4v) is 4.21. The van der Waals surface area contributed by atoms with E-state index in [4.69, 9.17) is 0 Å². The van der Waals surface area contributed by atoms with Crippen LogP contribution in [0, 0.1) is 0 Å². The Morgan fingerprint density at radius 3 is 2.43 bits per heavy atom. The third-order valence-corrected chi connectivity index (χ3v) is 5.90. The first-order chi connectivity index (χ1) is 14.3. The summed E-state index contributed by atoms with van der Waals surface area (Å²) in [6, 6.07) is 7.72. The van der Waals surface area contributed by atoms with Crippen LogP contribution in [0.2, 0.25) is 0 Å². The number of carbonyl (C=O) groups is 5. The molecule has 0 spiro atoms. The number of ether oxygens (including phenoxy) is 1. The van der Waals surface area contributed by atoms with Crippen LogP contribution in [0.1, 0.15) is 24.9 Å². The predicted molar refractivity (Wildman–Crippen MR) is 108 cm³/mol. The van der Waals surface area contributed by atoms with E-state index < -0.39 is 29.9 Å². The summed E-state index contributed by atoms with van der Waals surface area (Å²) in [6.45, 7) is 1.88. The van der Waals surface area contributed by atoms with Gasteiger partial charge in [-0.05, 0) is 18.9 Å². The number of rotatable bonds is 7. The van der Waals surface area contributed by atoms with Crippen LogP contribution in [-0.2, 0) is 23.9 Å². The topological polar surface area (TPSA) is 104 Å². The highest BCUT2D eigenvalue weighted by Gasteiger charge is 2.46. The lowest BCUT2D eigenvalue weighted by molar-refractivity contribution is -0.144. The zero-order chi connectivity index (χ0) is 21.8. The highest BCUT2D eigenvalue weighted by molar-refractivity contribution is 8.04. The van der Waals surface area contributed by atoms with E-state index in [1.165, 1.54) is 29.8 Å². The van der Waals surface area contributed by atoms with Crippen LogP contribution in [0.25, 0.3) is 0 Å². The Labute approximate surface area is 177 Å². The molecule has 0 radical (unpaired) electrons. The summed E-state index contributed by atoms with van der Waals surface area (Å²) < 4.78 is 4.58. The number of hydrogen-bond donors (Lipinski definition) is 0. The molecule has 3 rings (SSSR count). The quantitative estimate of drug-likeness (QED) is 0.279. The van der Waals surface area contributed by atoms with Crippen LogP contribution in [-0.4, -0.2) is 70.4 Å². The normalized spacial score (nSPS) is 19.3. The average Bonchev–Trinajstić information content (AvgIpc) is 3.19. The lowest BCUT2D eigenvalue weighted by atomic mass is 10.1. The van der Waals surface area contributed by atoms with E-state index in [1.807, 2.05) is 6.07 Å². The van der Waals surface area contributed by atoms with Gasteiger partial charge in [0.25, 0.3) is 0 Å². The van der Waals surface area contributed by atoms with Gasteiger partial charge in [0.15, 0.2) is 0 Å². The molecule has 158 valence electrons. The van der Waals surface area contributed by atoms with Gasteiger partial charge < -0.3 is 9.64 Å². The molecule has 1 aromatic rings. The third kappa shape index (κ3) is 4.23. The van der Waals surface area contributed by atoms with E-state index in [-0.39, 0.29) is 31.2 Å². The zero-order valence-electron chi connectivity index (χ0n) is 16.6. The van der Waals surface area contributed by atoms with Gasteiger partial charge in [-0.15, -0.1) is 0 Å². The van der Waals surface area contributed by atoms with Crippen molar-refractivity contribution in [2.24, 2.45) is 0 Å². The molecule has 1 aromatic carbocycles. The van der Waals surface area contributed by atoms with Crippen LogP contribution >= 0.6 is 11.8 Å². The maximum atomic E-state index is 12.7. The molecule has 2 heterocycles. The summed E-state index contributed by atoms with van der Waals surface area (Å²) in [7, 11) is 1.25. The fourth-order valence-electron chi connectivity index (χ4n) is 3.26. The van der Waals surface area contributed by atoms with Gasteiger partial charge in [0, 0.05) is 13.1 Å². The summed E-state index contributed by atoms with van der Waals surface area (Å²) in [6.07, 6.45) is 1.50. The Hall–Kier alpha value is -3.14. The number of benzene rings is 1. The van der Waals surface area contributed by atoms with E-state index in [0.717, 1.165) is 15.4 Å². The van der Waals surface area contributed by atoms with Crippen molar-refractivity contribution in [1.29, 1.82) is 0 Å². The molecule has 2 aliphatic heterocycles. The first-order valence-corrected chi connectivity index (χ1v) is 10.3. The lowest BCUT2D eigenvalue weighted by Gasteiger charge is -2.23. The number of amides is 5. The Kier molecular flexibility index (Phi) is 6.56. The van der Waals surface area contributed by atoms with Crippen molar-refractivity contribution in [2.75, 3.05) is 26.0 Å². The molecule has 0 saturated carbocycles. The maximum Gasteiger partial charge on any atom is 0.334 e. The van der Waals surface area contributed by atoms with Crippen LogP contribution < -0.4 is 0 Å². The molecule has 5 amide bonds. The first kappa shape index (κ1) is 21.6. The average molecular weight is 431 g/mol. The van der Waals surface area contributed by atoms with Crippen molar-refractivity contribution in [3.63, 3.8) is 0 Å². The molecule has 2 aliphatic rings. The highest BCUT2D eigenvalue weighted by Crippen LogP contribution is 2.30. The molecule has 0 bridgehead atoms. The van der Waals surface area contributed by atoms with Gasteiger partial charge in [-0.25, -0.2) is 14.5 Å². The smallest absolute Gasteiger partial charge is 0.334 e. The molecule has 30 heavy (non-hydrogen) atoms. The van der Waals surface area contributed by atoms with E-state index in [1.54, 1.807) is 31.2 Å². The number of methoxy groups -OCH3 is 1. The standard InChI is InChI=1S/C20H21N3O6S/c1-13(14-7-4-3-5-8-14)23-19(27)18(26)22(20(23)28)10-6-9-21-15(24)12-30-16(21)11-17(25)29-2/h3-5,7-8,11,13H,6,9-10,12H2,1-2H3/b16-11-/t13-/m0/s1. The number of thioether (sulfide) groups is 1. The second-order valence-corrected chi connectivity index (χ2v) is 7.69. The van der Waals surface area contributed by atoms with E-state index in [9.17, 15) is 24.0 Å². The maximum absolute atomic E-state index is 12.7. The third-order valence-electron chi connectivity index (χ3n) is 4.87. The Bertz CT molecular complexity index is 916. The van der Waals surface area contributed by atoms with E-state index >= 15 is 0 Å². The molecule has 0 unspecified atom stereocenters. The lowest BCUT2D eigenvalue weighted by Crippen LogP contribution is -2.36. The molecular formula is C20H21N3O6S. The minimum absolute atomic E-state index is 0.0125. The van der Waals surface area contributed by atoms with Gasteiger partial charge in [-0.3, -0.25) is 19.3 Å². The Morgan fingerprint density at radius 1 is 1.10 bits per heavy atom. The zero-order valence-corrected chi connectivity index (χ0v) is 17.4. The SMILES string of the molecule is COC(=O)/C=C1\SCC(=O)N1CCCN1C(=O)C(=O)N([C@@H](C)c2ccccc2)C1=O. The summed E-state index contributed by atoms with van der Waals surface area (Å²) in [5.74, 6) is -2.29. The monoisotopic (exact) mass is 431 g/mol. The van der Waals surface area contributed by atoms with Gasteiger partial charge >= 0.3 is 23.8 Å². The molecule has 2 saturated heterocycles. The minimum Gasteiger partial charge on any atom is -0.466 e. The van der Waals surface area contributed by atoms with Gasteiger partial charge in [0.1, 0.15) is 0 Å². The number of carbonyl (C=O) groups excluding carboxylic acids is 5. The number of hydrogen-bond acceptors (Lipinski definition) is 7. The Balaban J connectivity index is 1.64. The predicted octanol–water partition coefficient (Wildman–Crippen LogP) is 1.52. The number of urea groups is 1. The van der Waals surface area contributed by atoms with E-state index in [0.29, 0.717) is 5.03 Å². The van der Waals surface area contributed by atoms with Gasteiger partial charge in [-0.1, -0.05) is 42.1 Å². The molecule has 0 aliphatic carbocycles. The summed E-state index contributed by atoms with van der Waals surface area (Å²) in [5, 5.41) is 0.460. The largest absolute Gasteiger partial charge is 0.466 e. The number of esters is 1. The van der Waals surface area contributed by atoms with Crippen LogP contribution in [0.15, 0.2) is 41.4 Å². The fraction of sp³-hybridized carbons (Fsp3) is 0.350. The van der Waals surface area contributed by atoms with Crippen LogP contribution in [0.3, 0.4) is 0 Å². The first-order valence-electron chi connectivity index (χ1n) is 9.32. The minimum atomic E-state index is -0.879. The number of nitrogens with zero attached hydrogens (tertiary/aromatic N) is 3. The summed E-state index contributed by atoms with van der Waals surface area (Å²) in [5.41, 5.74) is 0.742. The molecule has 1 atom stereocenters. The van der Waals surface area contributed by atoms with Gasteiger partial charge in [0.2, 0.25) is 5.91 Å². The highest BCUT2D eigenvalue weighted by atomic mass is 32.2. The molecule has 2 fully saturated rings. The van der Waals surface area contributed by atoms with Crippen molar-refractivity contribution in [3.05, 3.63) is 47.0 Å². The van der Waals surface area contributed by atoms with Crippen molar-refractivity contribution < 1.29 is 28.7 Å². The van der Waals surface area contributed by atoms with Gasteiger partial charge in [-0.2, -0.15) is 0 Å². The molecule has 0 N–H and O–H groups in total. The molecule has 9 nitrogen and oxygen atoms in total. The van der Waals surface area contributed by atoms with E-state index in [2.05, 4.69) is 4.74 Å². The van der Waals surface area contributed by atoms with Crippen LogP contribution in [0.4, 0.5) is 4.79 Å². The second-order valence-electron chi connectivity index (χ2n) is 6.69. The van der Waals surface area contributed by atoms with Crippen molar-refractivity contribution in [2.45, 2.75) is 19.4 Å². The molecule has 10 heteroatoms. The van der Waals surface area contributed by atoms with Crippen LogP contribution in [0.5, 0.6) is 0 Å². The number of imide groups is 2. The summed E-state index contributed by atoms with van der Waals surface area (Å²) >= 11 is 1.22. The van der Waals surface area contributed by atoms with Crippen molar-refractivity contribution in [3.8, 4) is 0 Å².